The molecular formula is C11H18N6O. The van der Waals surface area contributed by atoms with Gasteiger partial charge in [-0.05, 0) is 13.3 Å². The molecule has 0 fully saturated rings. The van der Waals surface area contributed by atoms with Crippen LogP contribution >= 0.6 is 0 Å². The van der Waals surface area contributed by atoms with E-state index in [1.807, 2.05) is 11.5 Å². The van der Waals surface area contributed by atoms with Crippen molar-refractivity contribution in [1.82, 2.24) is 24.5 Å². The highest BCUT2D eigenvalue weighted by Crippen LogP contribution is 2.24. The molecule has 0 saturated heterocycles. The highest BCUT2D eigenvalue weighted by Gasteiger charge is 2.16. The Kier molecular flexibility index (Phi) is 3.61. The zero-order chi connectivity index (χ0) is 13.1. The maximum Gasteiger partial charge on any atom is 0.169 e. The lowest BCUT2D eigenvalue weighted by Gasteiger charge is -2.07. The molecule has 0 amide bonds. The van der Waals surface area contributed by atoms with Gasteiger partial charge in [-0.15, -0.1) is 10.2 Å². The van der Waals surface area contributed by atoms with Crippen LogP contribution in [-0.2, 0) is 18.3 Å². The number of methoxy groups -OCH3 is 1. The fourth-order valence-corrected chi connectivity index (χ4v) is 1.83. The summed E-state index contributed by atoms with van der Waals surface area (Å²) in [6.07, 6.45) is 2.62. The predicted octanol–water partition coefficient (Wildman–Crippen LogP) is 0.606. The standard InChI is InChI=1S/C11H18N6O/c1-8-14-15-11(17(8)5-4-6-18-3)9-7-13-16(2)10(9)12/h7H,4-6,12H2,1-3H3. The van der Waals surface area contributed by atoms with Gasteiger partial charge in [-0.2, -0.15) is 5.10 Å². The third kappa shape index (κ3) is 2.21. The summed E-state index contributed by atoms with van der Waals surface area (Å²) >= 11 is 0. The zero-order valence-corrected chi connectivity index (χ0v) is 10.9. The molecule has 0 saturated carbocycles. The fourth-order valence-electron chi connectivity index (χ4n) is 1.83. The summed E-state index contributed by atoms with van der Waals surface area (Å²) < 4.78 is 8.72. The Balaban J connectivity index is 2.31. The SMILES string of the molecule is COCCCn1c(C)nnc1-c1cnn(C)c1N. The van der Waals surface area contributed by atoms with Gasteiger partial charge in [0.05, 0.1) is 11.8 Å². The topological polar surface area (TPSA) is 83.8 Å². The Morgan fingerprint density at radius 1 is 1.39 bits per heavy atom. The highest BCUT2D eigenvalue weighted by molar-refractivity contribution is 5.68. The van der Waals surface area contributed by atoms with E-state index < -0.39 is 0 Å². The Bertz CT molecular complexity index is 530. The molecule has 0 radical (unpaired) electrons. The second kappa shape index (κ2) is 5.18. The third-order valence-corrected chi connectivity index (χ3v) is 2.89. The number of nitrogen functional groups attached to an aromatic ring is 1. The van der Waals surface area contributed by atoms with Crippen LogP contribution in [-0.4, -0.2) is 38.3 Å². The molecular weight excluding hydrogens is 232 g/mol. The molecule has 2 rings (SSSR count). The number of aromatic nitrogens is 5. The van der Waals surface area contributed by atoms with Gasteiger partial charge in [0.15, 0.2) is 5.82 Å². The van der Waals surface area contributed by atoms with Crippen LogP contribution in [0.15, 0.2) is 6.20 Å². The van der Waals surface area contributed by atoms with Crippen LogP contribution in [0.2, 0.25) is 0 Å². The number of hydrogen-bond donors (Lipinski definition) is 1. The van der Waals surface area contributed by atoms with Crippen molar-refractivity contribution in [3.05, 3.63) is 12.0 Å². The molecule has 2 heterocycles. The average Bonchev–Trinajstić information content (AvgIpc) is 2.86. The molecule has 0 aliphatic heterocycles. The lowest BCUT2D eigenvalue weighted by Crippen LogP contribution is -2.06. The minimum Gasteiger partial charge on any atom is -0.385 e. The maximum atomic E-state index is 5.96. The maximum absolute atomic E-state index is 5.96. The van der Waals surface area contributed by atoms with Gasteiger partial charge in [0.25, 0.3) is 0 Å². The molecule has 0 aliphatic rings. The lowest BCUT2D eigenvalue weighted by molar-refractivity contribution is 0.190. The third-order valence-electron chi connectivity index (χ3n) is 2.89. The molecule has 7 nitrogen and oxygen atoms in total. The van der Waals surface area contributed by atoms with Crippen molar-refractivity contribution < 1.29 is 4.74 Å². The summed E-state index contributed by atoms with van der Waals surface area (Å²) in [5.74, 6) is 2.22. The monoisotopic (exact) mass is 250 g/mol. The van der Waals surface area contributed by atoms with Crippen molar-refractivity contribution in [2.24, 2.45) is 7.05 Å². The van der Waals surface area contributed by atoms with Gasteiger partial charge < -0.3 is 15.0 Å². The minimum absolute atomic E-state index is 0.593. The van der Waals surface area contributed by atoms with Gasteiger partial charge in [-0.3, -0.25) is 4.68 Å². The Morgan fingerprint density at radius 2 is 2.17 bits per heavy atom. The largest absolute Gasteiger partial charge is 0.385 e. The average molecular weight is 250 g/mol. The van der Waals surface area contributed by atoms with Crippen LogP contribution in [0.3, 0.4) is 0 Å². The molecule has 98 valence electrons. The van der Waals surface area contributed by atoms with E-state index >= 15 is 0 Å². The van der Waals surface area contributed by atoms with Crippen LogP contribution in [0.5, 0.6) is 0 Å². The van der Waals surface area contributed by atoms with E-state index in [4.69, 9.17) is 10.5 Å². The first-order chi connectivity index (χ1) is 8.65. The smallest absolute Gasteiger partial charge is 0.169 e. The molecule has 0 bridgehead atoms. The van der Waals surface area contributed by atoms with Crippen molar-refractivity contribution in [3.8, 4) is 11.4 Å². The molecule has 18 heavy (non-hydrogen) atoms. The first kappa shape index (κ1) is 12.6. The Morgan fingerprint density at radius 3 is 2.78 bits per heavy atom. The van der Waals surface area contributed by atoms with E-state index in [1.54, 1.807) is 25.0 Å². The number of nitrogens with zero attached hydrogens (tertiary/aromatic N) is 5. The number of rotatable bonds is 5. The van der Waals surface area contributed by atoms with Crippen molar-refractivity contribution in [2.45, 2.75) is 19.9 Å². The molecule has 0 spiro atoms. The Hall–Kier alpha value is -1.89. The van der Waals surface area contributed by atoms with Crippen molar-refractivity contribution in [1.29, 1.82) is 0 Å². The number of ether oxygens (including phenoxy) is 1. The molecule has 2 aromatic heterocycles. The van der Waals surface area contributed by atoms with Crippen LogP contribution in [0.4, 0.5) is 5.82 Å². The Labute approximate surface area is 106 Å². The molecule has 2 N–H and O–H groups in total. The fraction of sp³-hybridized carbons (Fsp3) is 0.545. The van der Waals surface area contributed by atoms with E-state index in [1.165, 1.54) is 0 Å². The number of anilines is 1. The van der Waals surface area contributed by atoms with Gasteiger partial charge in [0, 0.05) is 27.3 Å². The van der Waals surface area contributed by atoms with E-state index in [0.717, 1.165) is 30.2 Å². The van der Waals surface area contributed by atoms with E-state index in [2.05, 4.69) is 15.3 Å². The molecule has 0 aliphatic carbocycles. The zero-order valence-electron chi connectivity index (χ0n) is 10.9. The summed E-state index contributed by atoms with van der Waals surface area (Å²) in [6.45, 7) is 3.44. The first-order valence-electron chi connectivity index (χ1n) is 5.81. The van der Waals surface area contributed by atoms with Crippen LogP contribution in [0.1, 0.15) is 12.2 Å². The van der Waals surface area contributed by atoms with E-state index in [0.29, 0.717) is 12.4 Å². The summed E-state index contributed by atoms with van der Waals surface area (Å²) in [6, 6.07) is 0. The summed E-state index contributed by atoms with van der Waals surface area (Å²) in [5.41, 5.74) is 6.78. The van der Waals surface area contributed by atoms with Gasteiger partial charge in [-0.25, -0.2) is 0 Å². The van der Waals surface area contributed by atoms with Crippen molar-refractivity contribution >= 4 is 5.82 Å². The van der Waals surface area contributed by atoms with Crippen molar-refractivity contribution in [3.63, 3.8) is 0 Å². The van der Waals surface area contributed by atoms with Gasteiger partial charge in [0.1, 0.15) is 11.6 Å². The molecule has 2 aromatic rings. The van der Waals surface area contributed by atoms with Gasteiger partial charge in [-0.1, -0.05) is 0 Å². The molecule has 0 unspecified atom stereocenters. The van der Waals surface area contributed by atoms with Gasteiger partial charge in [0.2, 0.25) is 0 Å². The molecule has 0 aromatic carbocycles. The number of nitrogens with two attached hydrogens (primary N) is 1. The van der Waals surface area contributed by atoms with Gasteiger partial charge >= 0.3 is 0 Å². The van der Waals surface area contributed by atoms with E-state index in [-0.39, 0.29) is 0 Å². The number of hydrogen-bond acceptors (Lipinski definition) is 5. The normalized spacial score (nSPS) is 11.1. The minimum atomic E-state index is 0.593. The predicted molar refractivity (Wildman–Crippen MR) is 67.9 cm³/mol. The summed E-state index contributed by atoms with van der Waals surface area (Å²) in [4.78, 5) is 0. The van der Waals surface area contributed by atoms with Crippen LogP contribution < -0.4 is 5.73 Å². The second-order valence-electron chi connectivity index (χ2n) is 4.14. The van der Waals surface area contributed by atoms with Crippen LogP contribution in [0, 0.1) is 6.92 Å². The second-order valence-corrected chi connectivity index (χ2v) is 4.14. The molecule has 0 atom stereocenters. The highest BCUT2D eigenvalue weighted by atomic mass is 16.5. The van der Waals surface area contributed by atoms with Crippen molar-refractivity contribution in [2.75, 3.05) is 19.5 Å². The summed E-state index contributed by atoms with van der Waals surface area (Å²) in [7, 11) is 3.50. The lowest BCUT2D eigenvalue weighted by atomic mass is 10.3. The molecule has 7 heteroatoms. The van der Waals surface area contributed by atoms with Crippen LogP contribution in [0.25, 0.3) is 11.4 Å². The van der Waals surface area contributed by atoms with E-state index in [9.17, 15) is 0 Å². The number of aryl methyl sites for hydroxylation is 2. The summed E-state index contributed by atoms with van der Waals surface area (Å²) in [5, 5.41) is 12.4. The first-order valence-corrected chi connectivity index (χ1v) is 5.81. The quantitative estimate of drug-likeness (QED) is 0.786.